The lowest BCUT2D eigenvalue weighted by Crippen LogP contribution is -2.23. The summed E-state index contributed by atoms with van der Waals surface area (Å²) in [5, 5.41) is 6.04. The van der Waals surface area contributed by atoms with Crippen molar-refractivity contribution in [3.05, 3.63) is 51.4 Å². The van der Waals surface area contributed by atoms with Crippen molar-refractivity contribution in [3.8, 4) is 0 Å². The van der Waals surface area contributed by atoms with Crippen LogP contribution in [0.15, 0.2) is 28.0 Å². The fourth-order valence-corrected chi connectivity index (χ4v) is 3.11. The third-order valence-corrected chi connectivity index (χ3v) is 4.46. The van der Waals surface area contributed by atoms with Gasteiger partial charge in [-0.15, -0.1) is 23.7 Å². The Morgan fingerprint density at radius 2 is 2.25 bits per heavy atom. The average molecular weight is 370 g/mol. The molecule has 2 aromatic heterocycles. The van der Waals surface area contributed by atoms with Gasteiger partial charge in [-0.3, -0.25) is 4.79 Å². The molecule has 0 aliphatic carbocycles. The van der Waals surface area contributed by atoms with Gasteiger partial charge >= 0.3 is 0 Å². The number of furan rings is 1. The molecule has 3 N–H and O–H groups in total. The molecular formula is C16H17ClFN3O2S. The highest BCUT2D eigenvalue weighted by Gasteiger charge is 2.14. The summed E-state index contributed by atoms with van der Waals surface area (Å²) in [4.78, 5) is 16.4. The van der Waals surface area contributed by atoms with Gasteiger partial charge in [-0.25, -0.2) is 9.37 Å². The number of hydrogen-bond donors (Lipinski definition) is 2. The van der Waals surface area contributed by atoms with Crippen LogP contribution in [0.4, 0.5) is 4.39 Å². The number of carbonyl (C=O) groups excluding carboxylic acids is 1. The normalized spacial score (nSPS) is 10.6. The molecule has 8 heteroatoms. The molecule has 0 atom stereocenters. The van der Waals surface area contributed by atoms with E-state index in [1.165, 1.54) is 23.5 Å². The zero-order valence-corrected chi connectivity index (χ0v) is 14.6. The van der Waals surface area contributed by atoms with E-state index >= 15 is 0 Å². The molecule has 0 spiro atoms. The molecule has 0 unspecified atom stereocenters. The van der Waals surface area contributed by atoms with Crippen molar-refractivity contribution in [1.82, 2.24) is 10.3 Å². The van der Waals surface area contributed by atoms with E-state index < -0.39 is 0 Å². The van der Waals surface area contributed by atoms with E-state index in [1.807, 2.05) is 6.92 Å². The first kappa shape index (κ1) is 18.4. The Morgan fingerprint density at radius 3 is 3.00 bits per heavy atom. The number of nitrogens with one attached hydrogen (secondary N) is 1. The fraction of sp³-hybridized carbons (Fsp3) is 0.250. The lowest BCUT2D eigenvalue weighted by molar-refractivity contribution is 0.0943. The van der Waals surface area contributed by atoms with Crippen molar-refractivity contribution in [1.29, 1.82) is 0 Å². The van der Waals surface area contributed by atoms with Gasteiger partial charge in [-0.05, 0) is 31.7 Å². The first-order valence-corrected chi connectivity index (χ1v) is 8.06. The van der Waals surface area contributed by atoms with Crippen LogP contribution >= 0.6 is 23.7 Å². The number of nitrogens with two attached hydrogens (primary N) is 1. The molecule has 5 nitrogen and oxygen atoms in total. The summed E-state index contributed by atoms with van der Waals surface area (Å²) in [5.74, 6) is 0.0267. The predicted molar refractivity (Wildman–Crippen MR) is 94.2 cm³/mol. The number of nitrogens with zero attached hydrogens (tertiary/aromatic N) is 1. The SMILES string of the molecule is Cc1c(CNC(=O)c2csc(CCN)n2)oc2ccc(F)cc12.Cl. The predicted octanol–water partition coefficient (Wildman–Crippen LogP) is 3.19. The van der Waals surface area contributed by atoms with Crippen molar-refractivity contribution in [2.45, 2.75) is 19.9 Å². The largest absolute Gasteiger partial charge is 0.459 e. The number of amides is 1. The topological polar surface area (TPSA) is 81.2 Å². The van der Waals surface area contributed by atoms with Gasteiger partial charge in [0.2, 0.25) is 0 Å². The van der Waals surface area contributed by atoms with E-state index in [0.29, 0.717) is 35.4 Å². The minimum absolute atomic E-state index is 0. The monoisotopic (exact) mass is 369 g/mol. The maximum Gasteiger partial charge on any atom is 0.271 e. The molecule has 128 valence electrons. The summed E-state index contributed by atoms with van der Waals surface area (Å²) >= 11 is 1.42. The number of hydrogen-bond acceptors (Lipinski definition) is 5. The smallest absolute Gasteiger partial charge is 0.271 e. The lowest BCUT2D eigenvalue weighted by Gasteiger charge is -2.01. The molecule has 0 aliphatic heterocycles. The molecular weight excluding hydrogens is 353 g/mol. The highest BCUT2D eigenvalue weighted by molar-refractivity contribution is 7.09. The number of thiazole rings is 1. The highest BCUT2D eigenvalue weighted by atomic mass is 35.5. The van der Waals surface area contributed by atoms with Crippen LogP contribution in [0.5, 0.6) is 0 Å². The van der Waals surface area contributed by atoms with Gasteiger partial charge in [-0.2, -0.15) is 0 Å². The van der Waals surface area contributed by atoms with E-state index in [1.54, 1.807) is 11.4 Å². The molecule has 0 fully saturated rings. The molecule has 1 aromatic carbocycles. The van der Waals surface area contributed by atoms with Gasteiger partial charge in [0.05, 0.1) is 11.6 Å². The van der Waals surface area contributed by atoms with Gasteiger partial charge in [0.25, 0.3) is 5.91 Å². The van der Waals surface area contributed by atoms with Gasteiger partial charge in [0, 0.05) is 22.8 Å². The van der Waals surface area contributed by atoms with Crippen molar-refractivity contribution < 1.29 is 13.6 Å². The molecule has 0 aliphatic rings. The summed E-state index contributed by atoms with van der Waals surface area (Å²) in [6.07, 6.45) is 0.659. The van der Waals surface area contributed by atoms with Crippen molar-refractivity contribution in [2.75, 3.05) is 6.54 Å². The summed E-state index contributed by atoms with van der Waals surface area (Å²) in [6, 6.07) is 4.36. The average Bonchev–Trinajstić information content (AvgIpc) is 3.11. The van der Waals surface area contributed by atoms with Crippen LogP contribution in [-0.4, -0.2) is 17.4 Å². The van der Waals surface area contributed by atoms with Gasteiger partial charge in [-0.1, -0.05) is 0 Å². The van der Waals surface area contributed by atoms with Gasteiger partial charge < -0.3 is 15.5 Å². The Hall–Kier alpha value is -1.96. The Bertz CT molecular complexity index is 862. The number of fused-ring (bicyclic) bond motifs is 1. The zero-order valence-electron chi connectivity index (χ0n) is 13.0. The van der Waals surface area contributed by atoms with Crippen molar-refractivity contribution in [2.24, 2.45) is 5.73 Å². The van der Waals surface area contributed by atoms with Crippen LogP contribution in [0.25, 0.3) is 11.0 Å². The van der Waals surface area contributed by atoms with E-state index in [4.69, 9.17) is 10.2 Å². The number of aryl methyl sites for hydroxylation is 1. The Morgan fingerprint density at radius 1 is 1.46 bits per heavy atom. The van der Waals surface area contributed by atoms with Crippen molar-refractivity contribution in [3.63, 3.8) is 0 Å². The number of halogens is 2. The van der Waals surface area contributed by atoms with E-state index in [-0.39, 0.29) is 30.7 Å². The Balaban J connectivity index is 0.00000208. The van der Waals surface area contributed by atoms with Crippen LogP contribution in [0.1, 0.15) is 26.8 Å². The van der Waals surface area contributed by atoms with Crippen LogP contribution in [0.3, 0.4) is 0 Å². The fourth-order valence-electron chi connectivity index (χ4n) is 2.32. The molecule has 0 radical (unpaired) electrons. The van der Waals surface area contributed by atoms with E-state index in [0.717, 1.165) is 10.6 Å². The van der Waals surface area contributed by atoms with Crippen LogP contribution in [0.2, 0.25) is 0 Å². The summed E-state index contributed by atoms with van der Waals surface area (Å²) in [7, 11) is 0. The molecule has 3 aromatic rings. The Kier molecular flexibility index (Phi) is 5.93. The van der Waals surface area contributed by atoms with Crippen LogP contribution in [0, 0.1) is 12.7 Å². The number of aromatic nitrogens is 1. The van der Waals surface area contributed by atoms with Crippen LogP contribution in [-0.2, 0) is 13.0 Å². The molecule has 0 saturated heterocycles. The standard InChI is InChI=1S/C16H16FN3O2S.ClH/c1-9-11-6-10(17)2-3-13(11)22-14(9)7-19-16(21)12-8-23-15(20-12)4-5-18;/h2-3,6,8H,4-5,7,18H2,1H3,(H,19,21);1H. The maximum atomic E-state index is 13.3. The van der Waals surface area contributed by atoms with Crippen molar-refractivity contribution >= 4 is 40.6 Å². The summed E-state index contributed by atoms with van der Waals surface area (Å²) < 4.78 is 19.0. The Labute approximate surface area is 148 Å². The van der Waals surface area contributed by atoms with E-state index in [2.05, 4.69) is 10.3 Å². The maximum absolute atomic E-state index is 13.3. The molecule has 2 heterocycles. The van der Waals surface area contributed by atoms with Crippen LogP contribution < -0.4 is 11.1 Å². The second kappa shape index (κ2) is 7.74. The minimum atomic E-state index is -0.313. The summed E-state index contributed by atoms with van der Waals surface area (Å²) in [6.45, 7) is 2.57. The number of carbonyl (C=O) groups is 1. The van der Waals surface area contributed by atoms with E-state index in [9.17, 15) is 9.18 Å². The first-order chi connectivity index (χ1) is 11.1. The molecule has 3 rings (SSSR count). The second-order valence-corrected chi connectivity index (χ2v) is 6.08. The molecule has 0 bridgehead atoms. The number of rotatable bonds is 5. The van der Waals surface area contributed by atoms with Gasteiger partial charge in [0.1, 0.15) is 22.9 Å². The third-order valence-electron chi connectivity index (χ3n) is 3.55. The molecule has 0 saturated carbocycles. The lowest BCUT2D eigenvalue weighted by atomic mass is 10.1. The second-order valence-electron chi connectivity index (χ2n) is 5.14. The first-order valence-electron chi connectivity index (χ1n) is 7.18. The molecule has 1 amide bonds. The van der Waals surface area contributed by atoms with Gasteiger partial charge in [0.15, 0.2) is 0 Å². The number of benzene rings is 1. The third kappa shape index (κ3) is 3.75. The quantitative estimate of drug-likeness (QED) is 0.723. The zero-order chi connectivity index (χ0) is 16.4. The highest BCUT2D eigenvalue weighted by Crippen LogP contribution is 2.25. The molecule has 24 heavy (non-hydrogen) atoms. The minimum Gasteiger partial charge on any atom is -0.459 e. The summed E-state index contributed by atoms with van der Waals surface area (Å²) in [5.41, 5.74) is 7.27.